The van der Waals surface area contributed by atoms with Crippen LogP contribution in [-0.4, -0.2) is 75.6 Å². The van der Waals surface area contributed by atoms with Gasteiger partial charge in [0.2, 0.25) is 23.5 Å². The van der Waals surface area contributed by atoms with Crippen molar-refractivity contribution in [2.75, 3.05) is 13.7 Å². The maximum absolute atomic E-state index is 13.6. The molecule has 1 aliphatic rings. The van der Waals surface area contributed by atoms with E-state index < -0.39 is 41.3 Å². The van der Waals surface area contributed by atoms with Crippen molar-refractivity contribution in [2.45, 2.75) is 77.9 Å². The van der Waals surface area contributed by atoms with E-state index in [0.717, 1.165) is 16.5 Å². The summed E-state index contributed by atoms with van der Waals surface area (Å²) in [7, 11) is 1.22. The molecule has 43 heavy (non-hydrogen) atoms. The second kappa shape index (κ2) is 12.9. The van der Waals surface area contributed by atoms with E-state index in [2.05, 4.69) is 30.6 Å². The number of aromatic nitrogens is 3. The minimum absolute atomic E-state index is 0.211. The van der Waals surface area contributed by atoms with Crippen molar-refractivity contribution in [3.8, 4) is 0 Å². The van der Waals surface area contributed by atoms with Gasteiger partial charge in [-0.1, -0.05) is 45.9 Å². The minimum atomic E-state index is -0.960. The highest BCUT2D eigenvalue weighted by molar-refractivity contribution is 6.00. The molecule has 1 fully saturated rings. The van der Waals surface area contributed by atoms with E-state index in [-0.39, 0.29) is 29.5 Å². The molecule has 3 amide bonds. The summed E-state index contributed by atoms with van der Waals surface area (Å²) in [6, 6.07) is 7.15. The highest BCUT2D eigenvalue weighted by Gasteiger charge is 2.41. The number of amides is 3. The molecule has 3 aromatic rings. The number of nitrogens with one attached hydrogen (secondary N) is 2. The molecule has 0 spiro atoms. The fourth-order valence-corrected chi connectivity index (χ4v) is 5.21. The van der Waals surface area contributed by atoms with E-state index >= 15 is 0 Å². The number of carbonyl (C=O) groups excluding carboxylic acids is 4. The minimum Gasteiger partial charge on any atom is -0.453 e. The van der Waals surface area contributed by atoms with Crippen LogP contribution in [0.15, 0.2) is 40.9 Å². The van der Waals surface area contributed by atoms with Gasteiger partial charge in [0.25, 0.3) is 5.89 Å². The van der Waals surface area contributed by atoms with Crippen LogP contribution in [-0.2, 0) is 19.7 Å². The number of alkyl carbamates (subject to hydrolysis) is 1. The number of nitrogens with zero attached hydrogens (tertiary/aromatic N) is 4. The van der Waals surface area contributed by atoms with Gasteiger partial charge in [0.15, 0.2) is 0 Å². The van der Waals surface area contributed by atoms with E-state index in [1.165, 1.54) is 12.0 Å². The van der Waals surface area contributed by atoms with Crippen LogP contribution >= 0.6 is 0 Å². The normalized spacial score (nSPS) is 16.8. The number of hydrogen-bond donors (Lipinski definition) is 2. The molecule has 3 heterocycles. The third-order valence-electron chi connectivity index (χ3n) is 7.96. The van der Waals surface area contributed by atoms with Crippen LogP contribution in [0, 0.1) is 11.8 Å². The van der Waals surface area contributed by atoms with Gasteiger partial charge in [0.1, 0.15) is 12.1 Å². The number of likely N-dealkylation sites (tertiary alicyclic amines) is 1. The second-order valence-corrected chi connectivity index (χ2v) is 12.1. The highest BCUT2D eigenvalue weighted by atomic mass is 16.5. The van der Waals surface area contributed by atoms with Gasteiger partial charge in [-0.3, -0.25) is 19.4 Å². The molecule has 4 rings (SSSR count). The summed E-state index contributed by atoms with van der Waals surface area (Å²) in [6.07, 6.45) is 2.07. The summed E-state index contributed by atoms with van der Waals surface area (Å²) in [5, 5.41) is 14.6. The fraction of sp³-hybridized carbons (Fsp3) is 0.516. The maximum Gasteiger partial charge on any atom is 0.407 e. The highest BCUT2D eigenvalue weighted by Crippen LogP contribution is 2.32. The van der Waals surface area contributed by atoms with Gasteiger partial charge in [-0.05, 0) is 56.2 Å². The van der Waals surface area contributed by atoms with Gasteiger partial charge >= 0.3 is 6.09 Å². The lowest BCUT2D eigenvalue weighted by molar-refractivity contribution is -0.141. The number of carbonyl (C=O) groups is 4. The third-order valence-corrected chi connectivity index (χ3v) is 7.96. The molecular formula is C31H40N6O6. The van der Waals surface area contributed by atoms with E-state index in [4.69, 9.17) is 4.42 Å². The molecule has 12 nitrogen and oxygen atoms in total. The average Bonchev–Trinajstić information content (AvgIpc) is 3.68. The van der Waals surface area contributed by atoms with E-state index in [1.54, 1.807) is 33.9 Å². The predicted molar refractivity (Wildman–Crippen MR) is 158 cm³/mol. The number of rotatable bonds is 10. The summed E-state index contributed by atoms with van der Waals surface area (Å²) in [5.41, 5.74) is 0.963. The lowest BCUT2D eigenvalue weighted by Gasteiger charge is -2.31. The number of methoxy groups -OCH3 is 1. The SMILES string of the molecule is COC(=O)N[C@H](C(=O)N1CCC[C@H]1C(=O)N[C@@H](C(=O)c1nnc(C(C)(C)c2cnc3ccccc3c2)o1)C(C)C)C(C)C. The van der Waals surface area contributed by atoms with Crippen molar-refractivity contribution in [1.82, 2.24) is 30.7 Å². The molecule has 2 N–H and O–H groups in total. The van der Waals surface area contributed by atoms with Crippen LogP contribution in [0.4, 0.5) is 4.79 Å². The number of pyridine rings is 1. The van der Waals surface area contributed by atoms with E-state index in [9.17, 15) is 19.2 Å². The molecule has 0 aliphatic carbocycles. The van der Waals surface area contributed by atoms with Gasteiger partial charge in [-0.25, -0.2) is 4.79 Å². The Hall–Kier alpha value is -4.35. The summed E-state index contributed by atoms with van der Waals surface area (Å²) < 4.78 is 10.6. The Bertz CT molecular complexity index is 1500. The standard InChI is InChI=1S/C31H40N6O6/c1-17(2)23(33-26(39)22-13-10-14-37(22)28(40)24(18(3)4)34-30(41)42-7)25(38)27-35-36-29(43-27)31(5,6)20-15-19-11-8-9-12-21(19)32-16-20/h8-9,11-12,15-18,22-24H,10,13-14H2,1-7H3,(H,33,39)(H,34,41)/t22-,23+,24-/m0/s1. The lowest BCUT2D eigenvalue weighted by Crippen LogP contribution is -2.57. The zero-order chi connectivity index (χ0) is 31.5. The van der Waals surface area contributed by atoms with Crippen LogP contribution in [0.2, 0.25) is 0 Å². The second-order valence-electron chi connectivity index (χ2n) is 12.1. The molecule has 230 valence electrons. The Labute approximate surface area is 251 Å². The van der Waals surface area contributed by atoms with Crippen LogP contribution in [0.25, 0.3) is 10.9 Å². The Balaban J connectivity index is 1.50. The number of ketones is 1. The number of fused-ring (bicyclic) bond motifs is 1. The molecule has 0 unspecified atom stereocenters. The Morgan fingerprint density at radius 2 is 1.72 bits per heavy atom. The molecule has 0 bridgehead atoms. The van der Waals surface area contributed by atoms with Crippen LogP contribution in [0.3, 0.4) is 0 Å². The molecule has 1 aromatic carbocycles. The first kappa shape index (κ1) is 31.6. The van der Waals surface area contributed by atoms with Gasteiger partial charge < -0.3 is 24.7 Å². The number of Topliss-reactive ketones (excluding diaryl/α,β-unsaturated/α-hetero) is 1. The summed E-state index contributed by atoms with van der Waals surface area (Å²) in [6.45, 7) is 11.4. The van der Waals surface area contributed by atoms with Crippen molar-refractivity contribution in [2.24, 2.45) is 11.8 Å². The topological polar surface area (TPSA) is 157 Å². The molecule has 12 heteroatoms. The summed E-state index contributed by atoms with van der Waals surface area (Å²) >= 11 is 0. The lowest BCUT2D eigenvalue weighted by atomic mass is 9.85. The van der Waals surface area contributed by atoms with Crippen molar-refractivity contribution < 1.29 is 28.3 Å². The predicted octanol–water partition coefficient (Wildman–Crippen LogP) is 3.64. The first-order valence-electron chi connectivity index (χ1n) is 14.5. The molecule has 1 aliphatic heterocycles. The smallest absolute Gasteiger partial charge is 0.407 e. The first-order chi connectivity index (χ1) is 20.3. The first-order valence-corrected chi connectivity index (χ1v) is 14.5. The third kappa shape index (κ3) is 6.68. The van der Waals surface area contributed by atoms with Crippen molar-refractivity contribution >= 4 is 34.6 Å². The van der Waals surface area contributed by atoms with Gasteiger partial charge in [0.05, 0.1) is 24.1 Å². The molecule has 1 saturated heterocycles. The molecular weight excluding hydrogens is 552 g/mol. The van der Waals surface area contributed by atoms with Crippen molar-refractivity contribution in [1.29, 1.82) is 0 Å². The Kier molecular flexibility index (Phi) is 9.46. The van der Waals surface area contributed by atoms with Crippen molar-refractivity contribution in [3.05, 3.63) is 53.9 Å². The van der Waals surface area contributed by atoms with Gasteiger partial charge in [0, 0.05) is 18.1 Å². The van der Waals surface area contributed by atoms with E-state index in [1.807, 2.05) is 44.2 Å². The maximum atomic E-state index is 13.6. The monoisotopic (exact) mass is 592 g/mol. The van der Waals surface area contributed by atoms with Gasteiger partial charge in [-0.2, -0.15) is 0 Å². The molecule has 3 atom stereocenters. The molecule has 0 radical (unpaired) electrons. The Morgan fingerprint density at radius 3 is 2.40 bits per heavy atom. The number of ether oxygens (including phenoxy) is 1. The zero-order valence-electron chi connectivity index (χ0n) is 25.7. The number of para-hydroxylation sites is 1. The van der Waals surface area contributed by atoms with Gasteiger partial charge in [-0.15, -0.1) is 10.2 Å². The quantitative estimate of drug-likeness (QED) is 0.336. The number of hydrogen-bond acceptors (Lipinski definition) is 9. The van der Waals surface area contributed by atoms with E-state index in [0.29, 0.717) is 19.4 Å². The summed E-state index contributed by atoms with van der Waals surface area (Å²) in [5.74, 6) is -1.86. The van der Waals surface area contributed by atoms with Crippen molar-refractivity contribution in [3.63, 3.8) is 0 Å². The average molecular weight is 593 g/mol. The van der Waals surface area contributed by atoms with Crippen LogP contribution < -0.4 is 10.6 Å². The number of benzene rings is 1. The van der Waals surface area contributed by atoms with Crippen LogP contribution in [0.5, 0.6) is 0 Å². The summed E-state index contributed by atoms with van der Waals surface area (Å²) in [4.78, 5) is 58.3. The molecule has 2 aromatic heterocycles. The molecule has 0 saturated carbocycles. The Morgan fingerprint density at radius 1 is 1.02 bits per heavy atom. The van der Waals surface area contributed by atoms with Crippen LogP contribution in [0.1, 0.15) is 76.5 Å². The fourth-order valence-electron chi connectivity index (χ4n) is 5.21. The zero-order valence-corrected chi connectivity index (χ0v) is 25.7. The largest absolute Gasteiger partial charge is 0.453 e.